The number of hydrogen-bond acceptors (Lipinski definition) is 4. The number of carbonyl (C=O) groups is 2. The zero-order chi connectivity index (χ0) is 18.2. The van der Waals surface area contributed by atoms with Crippen LogP contribution in [-0.2, 0) is 27.2 Å². The van der Waals surface area contributed by atoms with Crippen molar-refractivity contribution in [3.05, 3.63) is 58.4 Å². The minimum atomic E-state index is -0.335. The first-order valence-electron chi connectivity index (χ1n) is 8.72. The highest BCUT2D eigenvalue weighted by Gasteiger charge is 2.09. The number of carbonyl (C=O) groups excluding carboxylic acids is 2. The van der Waals surface area contributed by atoms with Crippen LogP contribution in [0.15, 0.2) is 48.0 Å². The summed E-state index contributed by atoms with van der Waals surface area (Å²) in [5, 5.41) is 5.96. The summed E-state index contributed by atoms with van der Waals surface area (Å²) < 4.78 is 5.04. The molecule has 1 aromatic carbocycles. The Bertz CT molecular complexity index is 855. The SMILES string of the molecule is O=C(COC(=O)CCCc1c[nH]c2ccccc12)NCCc1cccs1. The molecule has 0 saturated carbocycles. The number of benzene rings is 1. The number of fused-ring (bicyclic) bond motifs is 1. The lowest BCUT2D eigenvalue weighted by Gasteiger charge is -2.06. The number of aromatic amines is 1. The third kappa shape index (κ3) is 5.20. The van der Waals surface area contributed by atoms with Crippen LogP contribution in [0.5, 0.6) is 0 Å². The van der Waals surface area contributed by atoms with Crippen LogP contribution in [0.2, 0.25) is 0 Å². The number of rotatable bonds is 9. The highest BCUT2D eigenvalue weighted by molar-refractivity contribution is 7.09. The number of para-hydroxylation sites is 1. The monoisotopic (exact) mass is 370 g/mol. The van der Waals surface area contributed by atoms with Gasteiger partial charge in [-0.1, -0.05) is 24.3 Å². The molecule has 0 radical (unpaired) electrons. The fourth-order valence-corrected chi connectivity index (χ4v) is 3.52. The Balaban J connectivity index is 1.31. The molecule has 5 nitrogen and oxygen atoms in total. The van der Waals surface area contributed by atoms with Gasteiger partial charge >= 0.3 is 5.97 Å². The molecule has 0 atom stereocenters. The molecule has 0 aliphatic rings. The van der Waals surface area contributed by atoms with Crippen LogP contribution >= 0.6 is 11.3 Å². The van der Waals surface area contributed by atoms with Crippen LogP contribution in [0.25, 0.3) is 10.9 Å². The molecule has 3 rings (SSSR count). The fraction of sp³-hybridized carbons (Fsp3) is 0.300. The molecule has 2 N–H and O–H groups in total. The molecular weight excluding hydrogens is 348 g/mol. The smallest absolute Gasteiger partial charge is 0.306 e. The molecule has 0 unspecified atom stereocenters. The molecule has 6 heteroatoms. The number of amides is 1. The highest BCUT2D eigenvalue weighted by Crippen LogP contribution is 2.19. The van der Waals surface area contributed by atoms with Crippen molar-refractivity contribution in [1.82, 2.24) is 10.3 Å². The van der Waals surface area contributed by atoms with Crippen molar-refractivity contribution in [2.75, 3.05) is 13.2 Å². The Kier molecular flexibility index (Phi) is 6.44. The van der Waals surface area contributed by atoms with Gasteiger partial charge in [-0.2, -0.15) is 0 Å². The normalized spacial score (nSPS) is 10.8. The van der Waals surface area contributed by atoms with E-state index in [9.17, 15) is 9.59 Å². The number of H-pyrrole nitrogens is 1. The molecule has 136 valence electrons. The largest absolute Gasteiger partial charge is 0.456 e. The van der Waals surface area contributed by atoms with Gasteiger partial charge in [-0.25, -0.2) is 0 Å². The summed E-state index contributed by atoms with van der Waals surface area (Å²) in [4.78, 5) is 27.9. The van der Waals surface area contributed by atoms with E-state index in [-0.39, 0.29) is 18.5 Å². The molecule has 0 aliphatic heterocycles. The molecule has 1 amide bonds. The third-order valence-electron chi connectivity index (χ3n) is 4.14. The molecule has 0 aliphatic carbocycles. The molecule has 2 heterocycles. The van der Waals surface area contributed by atoms with Gasteiger partial charge in [0, 0.05) is 34.9 Å². The molecular formula is C20H22N2O3S. The molecule has 0 fully saturated rings. The van der Waals surface area contributed by atoms with Crippen molar-refractivity contribution in [3.8, 4) is 0 Å². The van der Waals surface area contributed by atoms with E-state index in [1.54, 1.807) is 11.3 Å². The average molecular weight is 370 g/mol. The summed E-state index contributed by atoms with van der Waals surface area (Å²) >= 11 is 1.66. The Morgan fingerprint density at radius 3 is 2.85 bits per heavy atom. The number of aryl methyl sites for hydroxylation is 1. The van der Waals surface area contributed by atoms with E-state index < -0.39 is 0 Å². The zero-order valence-corrected chi connectivity index (χ0v) is 15.3. The summed E-state index contributed by atoms with van der Waals surface area (Å²) in [5.74, 6) is -0.593. The second-order valence-corrected chi connectivity index (χ2v) is 7.09. The van der Waals surface area contributed by atoms with Crippen molar-refractivity contribution >= 4 is 34.1 Å². The first-order chi connectivity index (χ1) is 12.7. The van der Waals surface area contributed by atoms with Gasteiger partial charge in [0.2, 0.25) is 0 Å². The van der Waals surface area contributed by atoms with E-state index in [2.05, 4.69) is 16.4 Å². The molecule has 0 spiro atoms. The molecule has 26 heavy (non-hydrogen) atoms. The van der Waals surface area contributed by atoms with Crippen LogP contribution < -0.4 is 5.32 Å². The summed E-state index contributed by atoms with van der Waals surface area (Å²) in [6, 6.07) is 12.1. The number of thiophene rings is 1. The molecule has 0 bridgehead atoms. The highest BCUT2D eigenvalue weighted by atomic mass is 32.1. The van der Waals surface area contributed by atoms with Gasteiger partial charge < -0.3 is 15.0 Å². The van der Waals surface area contributed by atoms with Gasteiger partial charge in [0.15, 0.2) is 6.61 Å². The molecule has 2 aromatic heterocycles. The van der Waals surface area contributed by atoms with Crippen LogP contribution in [0.1, 0.15) is 23.3 Å². The standard InChI is InChI=1S/C20H22N2O3S/c23-19(21-11-10-16-6-4-12-26-16)14-25-20(24)9-3-5-15-13-22-18-8-2-1-7-17(15)18/h1-2,4,6-8,12-13,22H,3,5,9-11,14H2,(H,21,23). The minimum Gasteiger partial charge on any atom is -0.456 e. The maximum Gasteiger partial charge on any atom is 0.306 e. The van der Waals surface area contributed by atoms with Crippen LogP contribution in [-0.4, -0.2) is 30.0 Å². The average Bonchev–Trinajstić information content (AvgIpc) is 3.30. The fourth-order valence-electron chi connectivity index (χ4n) is 2.81. The lowest BCUT2D eigenvalue weighted by molar-refractivity contribution is -0.148. The lowest BCUT2D eigenvalue weighted by Crippen LogP contribution is -2.30. The maximum absolute atomic E-state index is 11.8. The van der Waals surface area contributed by atoms with Crippen LogP contribution in [0.4, 0.5) is 0 Å². The van der Waals surface area contributed by atoms with Crippen molar-refractivity contribution in [2.45, 2.75) is 25.7 Å². The van der Waals surface area contributed by atoms with Crippen molar-refractivity contribution in [2.24, 2.45) is 0 Å². The number of aromatic nitrogens is 1. The second-order valence-electron chi connectivity index (χ2n) is 6.05. The van der Waals surface area contributed by atoms with Gasteiger partial charge in [-0.3, -0.25) is 9.59 Å². The predicted octanol–water partition coefficient (Wildman–Crippen LogP) is 3.45. The van der Waals surface area contributed by atoms with E-state index in [1.807, 2.05) is 41.9 Å². The van der Waals surface area contributed by atoms with Gasteiger partial charge in [0.05, 0.1) is 0 Å². The molecule has 0 saturated heterocycles. The zero-order valence-electron chi connectivity index (χ0n) is 14.5. The summed E-state index contributed by atoms with van der Waals surface area (Å²) in [6.45, 7) is 0.341. The van der Waals surface area contributed by atoms with Crippen molar-refractivity contribution < 1.29 is 14.3 Å². The van der Waals surface area contributed by atoms with E-state index in [1.165, 1.54) is 15.8 Å². The Morgan fingerprint density at radius 1 is 1.12 bits per heavy atom. The first kappa shape index (κ1) is 18.2. The van der Waals surface area contributed by atoms with Gasteiger partial charge in [-0.15, -0.1) is 11.3 Å². The van der Waals surface area contributed by atoms with E-state index in [4.69, 9.17) is 4.74 Å². The summed E-state index contributed by atoms with van der Waals surface area (Å²) in [6.07, 6.45) is 4.58. The van der Waals surface area contributed by atoms with E-state index in [0.29, 0.717) is 19.4 Å². The summed E-state index contributed by atoms with van der Waals surface area (Å²) in [5.41, 5.74) is 2.30. The number of ether oxygens (including phenoxy) is 1. The maximum atomic E-state index is 11.8. The topological polar surface area (TPSA) is 71.2 Å². The minimum absolute atomic E-state index is 0.212. The number of esters is 1. The Morgan fingerprint density at radius 2 is 2.00 bits per heavy atom. The number of nitrogens with one attached hydrogen (secondary N) is 2. The third-order valence-corrected chi connectivity index (χ3v) is 5.08. The number of hydrogen-bond donors (Lipinski definition) is 2. The van der Waals surface area contributed by atoms with Gasteiger partial charge in [0.25, 0.3) is 5.91 Å². The van der Waals surface area contributed by atoms with Gasteiger partial charge in [0.1, 0.15) is 0 Å². The van der Waals surface area contributed by atoms with Crippen LogP contribution in [0.3, 0.4) is 0 Å². The van der Waals surface area contributed by atoms with Crippen molar-refractivity contribution in [3.63, 3.8) is 0 Å². The van der Waals surface area contributed by atoms with Gasteiger partial charge in [-0.05, 0) is 42.3 Å². The van der Waals surface area contributed by atoms with E-state index in [0.717, 1.165) is 18.4 Å². The second kappa shape index (κ2) is 9.20. The first-order valence-corrected chi connectivity index (χ1v) is 9.60. The Hall–Kier alpha value is -2.60. The quantitative estimate of drug-likeness (QED) is 0.567. The summed E-state index contributed by atoms with van der Waals surface area (Å²) in [7, 11) is 0. The molecule has 3 aromatic rings. The van der Waals surface area contributed by atoms with Crippen LogP contribution in [0, 0.1) is 0 Å². The predicted molar refractivity (Wildman–Crippen MR) is 103 cm³/mol. The Labute approximate surface area is 156 Å². The van der Waals surface area contributed by atoms with E-state index >= 15 is 0 Å². The van der Waals surface area contributed by atoms with Crippen molar-refractivity contribution in [1.29, 1.82) is 0 Å². The lowest BCUT2D eigenvalue weighted by atomic mass is 10.1.